The van der Waals surface area contributed by atoms with Crippen LogP contribution in [0.4, 0.5) is 0 Å². The van der Waals surface area contributed by atoms with Crippen molar-refractivity contribution in [1.29, 1.82) is 0 Å². The predicted octanol–water partition coefficient (Wildman–Crippen LogP) is 1.03. The fourth-order valence-corrected chi connectivity index (χ4v) is 2.22. The molecule has 0 aliphatic carbocycles. The zero-order valence-electron chi connectivity index (χ0n) is 10.7. The average Bonchev–Trinajstić information content (AvgIpc) is 2.75. The highest BCUT2D eigenvalue weighted by atomic mass is 32.2. The summed E-state index contributed by atoms with van der Waals surface area (Å²) < 4.78 is 27.8. The molecule has 1 aromatic carbocycles. The minimum Gasteiger partial charge on any atom is -0.334 e. The summed E-state index contributed by atoms with van der Waals surface area (Å²) in [5.74, 6) is 0.896. The molecule has 1 heterocycles. The maximum absolute atomic E-state index is 11.3. The van der Waals surface area contributed by atoms with E-state index in [-0.39, 0.29) is 10.9 Å². The molecular formula is C12H15N3O3S. The summed E-state index contributed by atoms with van der Waals surface area (Å²) in [6, 6.07) is 6.26. The van der Waals surface area contributed by atoms with Crippen LogP contribution in [0.3, 0.4) is 0 Å². The lowest BCUT2D eigenvalue weighted by Gasteiger charge is -1.99. The smallest absolute Gasteiger partial charge is 0.257 e. The number of hydrogen-bond donors (Lipinski definition) is 1. The lowest BCUT2D eigenvalue weighted by Crippen LogP contribution is -2.18. The maximum atomic E-state index is 11.3. The van der Waals surface area contributed by atoms with Gasteiger partial charge in [-0.2, -0.15) is 4.98 Å². The minimum atomic E-state index is -3.20. The van der Waals surface area contributed by atoms with Crippen molar-refractivity contribution < 1.29 is 12.9 Å². The lowest BCUT2D eigenvalue weighted by atomic mass is 10.2. The summed E-state index contributed by atoms with van der Waals surface area (Å²) in [5, 5.41) is 3.82. The van der Waals surface area contributed by atoms with Crippen LogP contribution in [-0.2, 0) is 16.3 Å². The molecule has 2 rings (SSSR count). The van der Waals surface area contributed by atoms with Crippen LogP contribution >= 0.6 is 0 Å². The van der Waals surface area contributed by atoms with Crippen molar-refractivity contribution in [3.05, 3.63) is 30.1 Å². The van der Waals surface area contributed by atoms with Crippen LogP contribution in [0.5, 0.6) is 0 Å². The van der Waals surface area contributed by atoms with Gasteiger partial charge in [0.25, 0.3) is 5.89 Å². The van der Waals surface area contributed by atoms with Crippen molar-refractivity contribution in [3.8, 4) is 11.5 Å². The summed E-state index contributed by atoms with van der Waals surface area (Å²) in [6.07, 6.45) is 1.69. The van der Waals surface area contributed by atoms with E-state index in [1.807, 2.05) is 6.92 Å². The van der Waals surface area contributed by atoms with Gasteiger partial charge in [0.15, 0.2) is 15.7 Å². The molecule has 2 N–H and O–H groups in total. The molecule has 2 aromatic rings. The van der Waals surface area contributed by atoms with Crippen molar-refractivity contribution in [2.24, 2.45) is 5.73 Å². The molecule has 0 spiro atoms. The summed E-state index contributed by atoms with van der Waals surface area (Å²) in [6.45, 7) is 1.86. The number of nitrogens with two attached hydrogens (primary N) is 1. The van der Waals surface area contributed by atoms with Crippen molar-refractivity contribution >= 4 is 9.84 Å². The van der Waals surface area contributed by atoms with E-state index in [1.54, 1.807) is 12.1 Å². The van der Waals surface area contributed by atoms with Crippen molar-refractivity contribution in [3.63, 3.8) is 0 Å². The Hall–Kier alpha value is -1.73. The number of nitrogens with zero attached hydrogens (tertiary/aromatic N) is 2. The van der Waals surface area contributed by atoms with Crippen LogP contribution in [0.25, 0.3) is 11.5 Å². The van der Waals surface area contributed by atoms with E-state index in [4.69, 9.17) is 10.3 Å². The zero-order chi connectivity index (χ0) is 14.0. The Morgan fingerprint density at radius 2 is 1.95 bits per heavy atom. The van der Waals surface area contributed by atoms with E-state index in [1.165, 1.54) is 12.1 Å². The molecule has 0 radical (unpaired) electrons. The Bertz CT molecular complexity index is 660. The van der Waals surface area contributed by atoms with Gasteiger partial charge in [0.2, 0.25) is 0 Å². The van der Waals surface area contributed by atoms with Gasteiger partial charge in [-0.3, -0.25) is 0 Å². The largest absolute Gasteiger partial charge is 0.334 e. The number of aromatic nitrogens is 2. The summed E-state index contributed by atoms with van der Waals surface area (Å²) >= 11 is 0. The first-order valence-electron chi connectivity index (χ1n) is 5.75. The quantitative estimate of drug-likeness (QED) is 0.898. The molecule has 0 fully saturated rings. The highest BCUT2D eigenvalue weighted by Gasteiger charge is 2.12. The first-order chi connectivity index (χ1) is 8.86. The average molecular weight is 281 g/mol. The molecule has 6 nitrogen and oxygen atoms in total. The molecule has 0 aliphatic heterocycles. The van der Waals surface area contributed by atoms with E-state index < -0.39 is 9.84 Å². The SMILES string of the molecule is CC(N)Cc1noc(-c2ccc(S(C)(=O)=O)cc2)n1. The monoisotopic (exact) mass is 281 g/mol. The van der Waals surface area contributed by atoms with Gasteiger partial charge < -0.3 is 10.3 Å². The normalized spacial score (nSPS) is 13.4. The lowest BCUT2D eigenvalue weighted by molar-refractivity contribution is 0.420. The minimum absolute atomic E-state index is 0.0435. The van der Waals surface area contributed by atoms with Crippen LogP contribution in [0.15, 0.2) is 33.7 Å². The molecule has 0 amide bonds. The van der Waals surface area contributed by atoms with Gasteiger partial charge in [-0.25, -0.2) is 8.42 Å². The molecule has 1 atom stereocenters. The predicted molar refractivity (Wildman–Crippen MR) is 70.2 cm³/mol. The van der Waals surface area contributed by atoms with Gasteiger partial charge in [0.1, 0.15) is 0 Å². The molecule has 1 aromatic heterocycles. The van der Waals surface area contributed by atoms with Crippen LogP contribution in [-0.4, -0.2) is 30.9 Å². The first kappa shape index (κ1) is 13.7. The third-order valence-electron chi connectivity index (χ3n) is 2.50. The molecule has 19 heavy (non-hydrogen) atoms. The zero-order valence-corrected chi connectivity index (χ0v) is 11.5. The van der Waals surface area contributed by atoms with Crippen molar-refractivity contribution in [2.75, 3.05) is 6.26 Å². The fraction of sp³-hybridized carbons (Fsp3) is 0.333. The Balaban J connectivity index is 2.25. The third kappa shape index (κ3) is 3.39. The van der Waals surface area contributed by atoms with Gasteiger partial charge in [0, 0.05) is 24.3 Å². The number of rotatable bonds is 4. The fourth-order valence-electron chi connectivity index (χ4n) is 1.59. The second-order valence-electron chi connectivity index (χ2n) is 4.49. The second kappa shape index (κ2) is 5.10. The molecular weight excluding hydrogens is 266 g/mol. The van der Waals surface area contributed by atoms with Crippen LogP contribution in [0.2, 0.25) is 0 Å². The Morgan fingerprint density at radius 1 is 1.32 bits per heavy atom. The standard InChI is InChI=1S/C12H15N3O3S/c1-8(13)7-11-14-12(18-15-11)9-3-5-10(6-4-9)19(2,16)17/h3-6,8H,7,13H2,1-2H3. The summed E-state index contributed by atoms with van der Waals surface area (Å²) in [4.78, 5) is 4.46. The maximum Gasteiger partial charge on any atom is 0.257 e. The van der Waals surface area contributed by atoms with Gasteiger partial charge in [-0.1, -0.05) is 5.16 Å². The van der Waals surface area contributed by atoms with Gasteiger partial charge >= 0.3 is 0 Å². The van der Waals surface area contributed by atoms with Gasteiger partial charge in [0.05, 0.1) is 4.90 Å². The number of benzene rings is 1. The Morgan fingerprint density at radius 3 is 2.47 bits per heavy atom. The molecule has 102 valence electrons. The second-order valence-corrected chi connectivity index (χ2v) is 6.51. The molecule has 7 heteroatoms. The molecule has 0 saturated carbocycles. The van der Waals surface area contributed by atoms with Crippen LogP contribution in [0.1, 0.15) is 12.7 Å². The molecule has 0 bridgehead atoms. The Labute approximate surface area is 111 Å². The van der Waals surface area contributed by atoms with E-state index in [0.29, 0.717) is 23.7 Å². The van der Waals surface area contributed by atoms with Crippen LogP contribution in [0, 0.1) is 0 Å². The van der Waals surface area contributed by atoms with E-state index >= 15 is 0 Å². The number of sulfone groups is 1. The summed E-state index contributed by atoms with van der Waals surface area (Å²) in [5.41, 5.74) is 6.33. The van der Waals surface area contributed by atoms with E-state index in [9.17, 15) is 8.42 Å². The van der Waals surface area contributed by atoms with Gasteiger partial charge in [-0.05, 0) is 31.2 Å². The van der Waals surface area contributed by atoms with Crippen molar-refractivity contribution in [1.82, 2.24) is 10.1 Å². The van der Waals surface area contributed by atoms with Crippen LogP contribution < -0.4 is 5.73 Å². The molecule has 0 aliphatic rings. The molecule has 0 saturated heterocycles. The van der Waals surface area contributed by atoms with E-state index in [0.717, 1.165) is 6.26 Å². The number of hydrogen-bond acceptors (Lipinski definition) is 6. The summed E-state index contributed by atoms with van der Waals surface area (Å²) in [7, 11) is -3.20. The third-order valence-corrected chi connectivity index (χ3v) is 3.63. The van der Waals surface area contributed by atoms with Crippen molar-refractivity contribution in [2.45, 2.75) is 24.3 Å². The highest BCUT2D eigenvalue weighted by molar-refractivity contribution is 7.90. The highest BCUT2D eigenvalue weighted by Crippen LogP contribution is 2.19. The molecule has 1 unspecified atom stereocenters. The Kier molecular flexibility index (Phi) is 3.68. The topological polar surface area (TPSA) is 99.1 Å². The van der Waals surface area contributed by atoms with E-state index in [2.05, 4.69) is 10.1 Å². The van der Waals surface area contributed by atoms with Gasteiger partial charge in [-0.15, -0.1) is 0 Å². The first-order valence-corrected chi connectivity index (χ1v) is 7.64.